The van der Waals surface area contributed by atoms with E-state index in [9.17, 15) is 36.0 Å². The van der Waals surface area contributed by atoms with Gasteiger partial charge in [0.2, 0.25) is 8.87 Å². The van der Waals surface area contributed by atoms with Gasteiger partial charge in [-0.2, -0.15) is 13.2 Å². The second-order valence-electron chi connectivity index (χ2n) is 8.41. The highest BCUT2D eigenvalue weighted by atomic mass is 33.1. The highest BCUT2D eigenvalue weighted by Gasteiger charge is 2.55. The SMILES string of the molecule is COC(C)=C(C(=O)OCC(F)(F)F)N1C(=O)C(NC(=O)COc2ccccc2)C1SS(=O)(=O)c1ccc(C)cc1. The molecule has 10 nitrogen and oxygen atoms in total. The van der Waals surface area contributed by atoms with E-state index in [0.717, 1.165) is 12.7 Å². The number of carbonyl (C=O) groups is 3. The highest BCUT2D eigenvalue weighted by molar-refractivity contribution is 8.72. The third kappa shape index (κ3) is 7.69. The molecule has 0 radical (unpaired) electrons. The number of para-hydroxylation sites is 1. The van der Waals surface area contributed by atoms with Crippen LogP contribution in [-0.2, 0) is 32.7 Å². The zero-order valence-corrected chi connectivity index (χ0v) is 23.1. The standard InChI is InChI=1S/C25H25F3N2O8S2/c1-15-9-11-18(12-10-15)40(34,35)39-23-20(29-19(31)13-37-17-7-5-4-6-8-17)22(32)30(23)21(16(2)36-3)24(33)38-14-25(26,27)28/h4-12,20,23H,13-14H2,1-3H3,(H,29,31). The molecule has 0 aliphatic carbocycles. The summed E-state index contributed by atoms with van der Waals surface area (Å²) in [5, 5.41) is 0.897. The van der Waals surface area contributed by atoms with Crippen LogP contribution < -0.4 is 10.1 Å². The van der Waals surface area contributed by atoms with Crippen molar-refractivity contribution in [1.82, 2.24) is 10.2 Å². The van der Waals surface area contributed by atoms with Crippen molar-refractivity contribution < 1.29 is 50.2 Å². The number of ether oxygens (including phenoxy) is 3. The molecule has 216 valence electrons. The molecule has 3 rings (SSSR count). The van der Waals surface area contributed by atoms with Crippen LogP contribution in [0.15, 0.2) is 70.9 Å². The highest BCUT2D eigenvalue weighted by Crippen LogP contribution is 2.40. The van der Waals surface area contributed by atoms with Gasteiger partial charge in [0, 0.05) is 10.8 Å². The molecule has 1 aliphatic heterocycles. The lowest BCUT2D eigenvalue weighted by Gasteiger charge is -2.46. The molecule has 1 N–H and O–H groups in total. The summed E-state index contributed by atoms with van der Waals surface area (Å²) in [4.78, 5) is 38.9. The molecule has 1 aliphatic rings. The molecule has 0 saturated carbocycles. The van der Waals surface area contributed by atoms with Gasteiger partial charge in [-0.15, -0.1) is 0 Å². The maximum Gasteiger partial charge on any atom is 0.422 e. The van der Waals surface area contributed by atoms with Gasteiger partial charge in [-0.05, 0) is 38.1 Å². The van der Waals surface area contributed by atoms with Crippen LogP contribution in [0.5, 0.6) is 5.75 Å². The summed E-state index contributed by atoms with van der Waals surface area (Å²) in [5.41, 5.74) is 0.0423. The van der Waals surface area contributed by atoms with E-state index in [0.29, 0.717) is 10.6 Å². The number of esters is 1. The number of halogens is 3. The van der Waals surface area contributed by atoms with Crippen LogP contribution in [0.25, 0.3) is 0 Å². The first-order valence-corrected chi connectivity index (χ1v) is 14.4. The number of amides is 2. The van der Waals surface area contributed by atoms with Crippen molar-refractivity contribution >= 4 is 37.4 Å². The van der Waals surface area contributed by atoms with Crippen LogP contribution in [0.1, 0.15) is 12.5 Å². The van der Waals surface area contributed by atoms with Crippen molar-refractivity contribution in [3.63, 3.8) is 0 Å². The van der Waals surface area contributed by atoms with E-state index in [2.05, 4.69) is 10.1 Å². The largest absolute Gasteiger partial charge is 0.499 e. The maximum atomic E-state index is 13.2. The van der Waals surface area contributed by atoms with Crippen LogP contribution in [0, 0.1) is 6.92 Å². The lowest BCUT2D eigenvalue weighted by Crippen LogP contribution is -2.70. The molecule has 15 heteroatoms. The number of alkyl halides is 3. The van der Waals surface area contributed by atoms with E-state index in [4.69, 9.17) is 9.47 Å². The van der Waals surface area contributed by atoms with Gasteiger partial charge in [0.1, 0.15) is 22.9 Å². The Morgan fingerprint density at radius 1 is 1.07 bits per heavy atom. The van der Waals surface area contributed by atoms with E-state index in [-0.39, 0.29) is 21.4 Å². The van der Waals surface area contributed by atoms with Crippen molar-refractivity contribution in [3.05, 3.63) is 71.6 Å². The molecule has 2 aromatic rings. The normalized spacial score (nSPS) is 17.9. The molecular weight excluding hydrogens is 577 g/mol. The number of carbonyl (C=O) groups excluding carboxylic acids is 3. The van der Waals surface area contributed by atoms with Gasteiger partial charge in [-0.25, -0.2) is 13.2 Å². The number of hydrogen-bond donors (Lipinski definition) is 1. The number of hydrogen-bond acceptors (Lipinski definition) is 9. The smallest absolute Gasteiger partial charge is 0.422 e. The summed E-state index contributed by atoms with van der Waals surface area (Å²) >= 11 is 0. The molecule has 2 atom stereocenters. The minimum Gasteiger partial charge on any atom is -0.499 e. The van der Waals surface area contributed by atoms with Crippen LogP contribution >= 0.6 is 10.8 Å². The van der Waals surface area contributed by atoms with E-state index in [1.165, 1.54) is 19.1 Å². The molecule has 2 aromatic carbocycles. The average Bonchev–Trinajstić information content (AvgIpc) is 2.91. The number of nitrogens with one attached hydrogen (secondary N) is 1. The van der Waals surface area contributed by atoms with Gasteiger partial charge >= 0.3 is 12.1 Å². The van der Waals surface area contributed by atoms with E-state index >= 15 is 0 Å². The van der Waals surface area contributed by atoms with Crippen molar-refractivity contribution in [2.75, 3.05) is 20.3 Å². The van der Waals surface area contributed by atoms with E-state index < -0.39 is 63.2 Å². The Kier molecular flexibility index (Phi) is 9.73. The minimum atomic E-state index is -4.86. The lowest BCUT2D eigenvalue weighted by molar-refractivity contribution is -0.185. The predicted molar refractivity (Wildman–Crippen MR) is 137 cm³/mol. The number of nitrogens with zero attached hydrogens (tertiary/aromatic N) is 1. The fourth-order valence-electron chi connectivity index (χ4n) is 3.43. The fourth-order valence-corrected chi connectivity index (χ4v) is 6.90. The molecular formula is C25H25F3N2O8S2. The summed E-state index contributed by atoms with van der Waals surface area (Å²) < 4.78 is 79.2. The Balaban J connectivity index is 1.90. The first-order chi connectivity index (χ1) is 18.7. The average molecular weight is 603 g/mol. The summed E-state index contributed by atoms with van der Waals surface area (Å²) in [6.45, 7) is 0.456. The van der Waals surface area contributed by atoms with Crippen molar-refractivity contribution in [2.45, 2.75) is 36.3 Å². The second-order valence-corrected chi connectivity index (χ2v) is 12.4. The second kappa shape index (κ2) is 12.6. The van der Waals surface area contributed by atoms with E-state index in [1.807, 2.05) is 0 Å². The Morgan fingerprint density at radius 2 is 1.70 bits per heavy atom. The molecule has 1 fully saturated rings. The molecule has 40 heavy (non-hydrogen) atoms. The number of aryl methyl sites for hydroxylation is 1. The zero-order valence-electron chi connectivity index (χ0n) is 21.4. The van der Waals surface area contributed by atoms with Crippen LogP contribution in [0.2, 0.25) is 0 Å². The number of allylic oxidation sites excluding steroid dienone is 1. The number of methoxy groups -OCH3 is 1. The molecule has 0 bridgehead atoms. The molecule has 0 aromatic heterocycles. The van der Waals surface area contributed by atoms with Gasteiger partial charge in [-0.1, -0.05) is 35.9 Å². The van der Waals surface area contributed by atoms with Crippen LogP contribution in [-0.4, -0.2) is 69.0 Å². The van der Waals surface area contributed by atoms with E-state index in [1.54, 1.807) is 49.4 Å². The lowest BCUT2D eigenvalue weighted by atomic mass is 10.1. The molecule has 1 heterocycles. The third-order valence-electron chi connectivity index (χ3n) is 5.45. The summed E-state index contributed by atoms with van der Waals surface area (Å²) in [5.74, 6) is -3.27. The minimum absolute atomic E-state index is 0.131. The van der Waals surface area contributed by atoms with Gasteiger partial charge in [0.15, 0.2) is 18.9 Å². The zero-order chi connectivity index (χ0) is 29.7. The quantitative estimate of drug-likeness (QED) is 0.136. The van der Waals surface area contributed by atoms with Gasteiger partial charge in [-0.3, -0.25) is 14.5 Å². The Morgan fingerprint density at radius 3 is 2.27 bits per heavy atom. The summed E-state index contributed by atoms with van der Waals surface area (Å²) in [6.07, 6.45) is -4.86. The Hall–Kier alpha value is -3.72. The molecule has 2 amide bonds. The van der Waals surface area contributed by atoms with Crippen molar-refractivity contribution in [1.29, 1.82) is 0 Å². The number of β-lactam (4-membered cyclic amide) rings is 1. The number of likely N-dealkylation sites (tertiary alicyclic amines) is 1. The summed E-state index contributed by atoms with van der Waals surface area (Å²) in [6, 6.07) is 12.5. The van der Waals surface area contributed by atoms with Crippen LogP contribution in [0.4, 0.5) is 13.2 Å². The fraction of sp³-hybridized carbons (Fsp3) is 0.320. The Bertz CT molecular complexity index is 1380. The van der Waals surface area contributed by atoms with Gasteiger partial charge in [0.05, 0.1) is 12.0 Å². The topological polar surface area (TPSA) is 128 Å². The molecule has 0 spiro atoms. The summed E-state index contributed by atoms with van der Waals surface area (Å²) in [7, 11) is -2.88. The predicted octanol–water partition coefficient (Wildman–Crippen LogP) is 3.13. The first-order valence-electron chi connectivity index (χ1n) is 11.5. The van der Waals surface area contributed by atoms with Crippen molar-refractivity contribution in [3.8, 4) is 5.75 Å². The van der Waals surface area contributed by atoms with Gasteiger partial charge in [0.25, 0.3) is 11.8 Å². The number of rotatable bonds is 11. The molecule has 1 saturated heterocycles. The molecule has 2 unspecified atom stereocenters. The van der Waals surface area contributed by atoms with Crippen LogP contribution in [0.3, 0.4) is 0 Å². The maximum absolute atomic E-state index is 13.2. The Labute approximate surface area is 231 Å². The monoisotopic (exact) mass is 602 g/mol. The van der Waals surface area contributed by atoms with Gasteiger partial charge < -0.3 is 19.5 Å². The van der Waals surface area contributed by atoms with Crippen molar-refractivity contribution in [2.24, 2.45) is 0 Å². The first kappa shape index (κ1) is 30.8. The number of benzene rings is 2. The third-order valence-corrected chi connectivity index (χ3v) is 9.16.